The van der Waals surface area contributed by atoms with Crippen molar-refractivity contribution in [2.24, 2.45) is 5.10 Å². The van der Waals surface area contributed by atoms with Crippen LogP contribution in [0.2, 0.25) is 0 Å². The highest BCUT2D eigenvalue weighted by atomic mass is 16.5. The van der Waals surface area contributed by atoms with Crippen LogP contribution >= 0.6 is 0 Å². The molecule has 204 valence electrons. The number of nitrogens with one attached hydrogen (secondary N) is 2. The molecule has 0 unspecified atom stereocenters. The summed E-state index contributed by atoms with van der Waals surface area (Å²) < 4.78 is 16.5. The smallest absolute Gasteiger partial charge is 0.343 e. The van der Waals surface area contributed by atoms with E-state index in [0.717, 1.165) is 10.8 Å². The molecule has 0 aliphatic carbocycles. The lowest BCUT2D eigenvalue weighted by atomic mass is 10.0. The minimum atomic E-state index is -0.547. The van der Waals surface area contributed by atoms with Gasteiger partial charge in [-0.25, -0.2) is 10.2 Å². The van der Waals surface area contributed by atoms with Crippen molar-refractivity contribution in [3.8, 4) is 17.2 Å². The molecule has 0 heterocycles. The maximum absolute atomic E-state index is 12.8. The molecule has 0 atom stereocenters. The van der Waals surface area contributed by atoms with Crippen LogP contribution in [0.15, 0.2) is 90.0 Å². The number of esters is 1. The van der Waals surface area contributed by atoms with Crippen molar-refractivity contribution in [3.63, 3.8) is 0 Å². The van der Waals surface area contributed by atoms with Gasteiger partial charge in [0.2, 0.25) is 0 Å². The first-order chi connectivity index (χ1) is 19.5. The Morgan fingerprint density at radius 3 is 2.05 bits per heavy atom. The van der Waals surface area contributed by atoms with Gasteiger partial charge in [-0.3, -0.25) is 9.59 Å². The molecule has 2 N–H and O–H groups in total. The van der Waals surface area contributed by atoms with Crippen molar-refractivity contribution in [2.75, 3.05) is 19.8 Å². The number of hydrogen-bond donors (Lipinski definition) is 2. The quantitative estimate of drug-likeness (QED) is 0.123. The summed E-state index contributed by atoms with van der Waals surface area (Å²) in [6.07, 6.45) is 1.41. The highest BCUT2D eigenvalue weighted by Crippen LogP contribution is 2.27. The number of nitrogens with zero attached hydrogens (tertiary/aromatic N) is 1. The maximum Gasteiger partial charge on any atom is 0.343 e. The van der Waals surface area contributed by atoms with Gasteiger partial charge in [-0.1, -0.05) is 30.3 Å². The van der Waals surface area contributed by atoms with E-state index in [-0.39, 0.29) is 12.3 Å². The second-order valence-corrected chi connectivity index (χ2v) is 8.48. The summed E-state index contributed by atoms with van der Waals surface area (Å²) in [7, 11) is 0. The summed E-state index contributed by atoms with van der Waals surface area (Å²) in [5.74, 6) is 0.116. The number of amides is 2. The van der Waals surface area contributed by atoms with E-state index in [4.69, 9.17) is 14.2 Å². The van der Waals surface area contributed by atoms with E-state index in [0.29, 0.717) is 41.4 Å². The number of hydrazone groups is 1. The second kappa shape index (κ2) is 13.6. The Kier molecular flexibility index (Phi) is 9.44. The Morgan fingerprint density at radius 2 is 1.40 bits per heavy atom. The highest BCUT2D eigenvalue weighted by Gasteiger charge is 2.14. The standard InChI is InChI=1S/C31H29N3O6/c1-3-38-24-14-9-22(10-15-24)30(36)32-20-29(35)34-33-19-27-26-8-6-5-7-21(26)13-18-28(27)40-31(37)23-11-16-25(17-12-23)39-4-2/h5-19H,3-4,20H2,1-2H3,(H,32,36)(H,34,35)/b33-19+. The molecule has 0 bridgehead atoms. The molecule has 0 saturated heterocycles. The first kappa shape index (κ1) is 27.8. The molecule has 9 heteroatoms. The van der Waals surface area contributed by atoms with E-state index in [1.54, 1.807) is 54.6 Å². The van der Waals surface area contributed by atoms with Gasteiger partial charge >= 0.3 is 5.97 Å². The average molecular weight is 540 g/mol. The number of ether oxygens (including phenoxy) is 3. The molecular formula is C31H29N3O6. The van der Waals surface area contributed by atoms with Crippen LogP contribution in [0.3, 0.4) is 0 Å². The molecule has 4 aromatic rings. The summed E-state index contributed by atoms with van der Waals surface area (Å²) in [5.41, 5.74) is 3.67. The van der Waals surface area contributed by atoms with Crippen LogP contribution in [-0.4, -0.2) is 43.8 Å². The molecule has 0 aromatic heterocycles. The molecule has 40 heavy (non-hydrogen) atoms. The zero-order valence-corrected chi connectivity index (χ0v) is 22.2. The number of carbonyl (C=O) groups is 3. The lowest BCUT2D eigenvalue weighted by molar-refractivity contribution is -0.120. The fourth-order valence-corrected chi connectivity index (χ4v) is 3.85. The summed E-state index contributed by atoms with van der Waals surface area (Å²) in [6.45, 7) is 4.52. The molecule has 0 saturated carbocycles. The topological polar surface area (TPSA) is 115 Å². The summed E-state index contributed by atoms with van der Waals surface area (Å²) >= 11 is 0. The Bertz CT molecular complexity index is 1510. The van der Waals surface area contributed by atoms with Gasteiger partial charge < -0.3 is 19.5 Å². The summed E-state index contributed by atoms with van der Waals surface area (Å²) in [6, 6.07) is 24.3. The van der Waals surface area contributed by atoms with Crippen LogP contribution in [0.25, 0.3) is 10.8 Å². The van der Waals surface area contributed by atoms with E-state index >= 15 is 0 Å². The lowest BCUT2D eigenvalue weighted by Gasteiger charge is -2.11. The molecule has 0 radical (unpaired) electrons. The third-order valence-corrected chi connectivity index (χ3v) is 5.75. The van der Waals surface area contributed by atoms with E-state index < -0.39 is 17.8 Å². The molecule has 0 fully saturated rings. The number of rotatable bonds is 11. The van der Waals surface area contributed by atoms with E-state index in [9.17, 15) is 14.4 Å². The molecule has 0 aliphatic rings. The van der Waals surface area contributed by atoms with Gasteiger partial charge in [0.05, 0.1) is 31.5 Å². The van der Waals surface area contributed by atoms with Gasteiger partial charge in [0.15, 0.2) is 0 Å². The summed E-state index contributed by atoms with van der Waals surface area (Å²) in [4.78, 5) is 37.5. The molecule has 9 nitrogen and oxygen atoms in total. The number of fused-ring (bicyclic) bond motifs is 1. The Hall–Kier alpha value is -5.18. The SMILES string of the molecule is CCOc1ccc(C(=O)NCC(=O)N/N=C/c2c(OC(=O)c3ccc(OCC)cc3)ccc3ccccc23)cc1. The highest BCUT2D eigenvalue weighted by molar-refractivity contribution is 6.04. The number of benzene rings is 4. The predicted octanol–water partition coefficient (Wildman–Crippen LogP) is 4.74. The fraction of sp³-hybridized carbons (Fsp3) is 0.161. The number of hydrogen-bond acceptors (Lipinski definition) is 7. The minimum absolute atomic E-state index is 0.277. The van der Waals surface area contributed by atoms with Crippen LogP contribution in [0, 0.1) is 0 Å². The van der Waals surface area contributed by atoms with Crippen LogP contribution in [0.4, 0.5) is 0 Å². The summed E-state index contributed by atoms with van der Waals surface area (Å²) in [5, 5.41) is 8.28. The molecular weight excluding hydrogens is 510 g/mol. The normalized spacial score (nSPS) is 10.8. The Labute approximate surface area is 231 Å². The van der Waals surface area contributed by atoms with E-state index in [1.165, 1.54) is 6.21 Å². The minimum Gasteiger partial charge on any atom is -0.494 e. The first-order valence-corrected chi connectivity index (χ1v) is 12.8. The van der Waals surface area contributed by atoms with Gasteiger partial charge in [0.25, 0.3) is 11.8 Å². The first-order valence-electron chi connectivity index (χ1n) is 12.8. The van der Waals surface area contributed by atoms with Crippen molar-refractivity contribution in [1.29, 1.82) is 0 Å². The Balaban J connectivity index is 1.42. The van der Waals surface area contributed by atoms with E-state index in [2.05, 4.69) is 15.8 Å². The second-order valence-electron chi connectivity index (χ2n) is 8.48. The van der Waals surface area contributed by atoms with Crippen molar-refractivity contribution in [2.45, 2.75) is 13.8 Å². The molecule has 4 rings (SSSR count). The third-order valence-electron chi connectivity index (χ3n) is 5.75. The lowest BCUT2D eigenvalue weighted by Crippen LogP contribution is -2.34. The monoisotopic (exact) mass is 539 g/mol. The van der Waals surface area contributed by atoms with Crippen LogP contribution < -0.4 is 25.0 Å². The molecule has 0 aliphatic heterocycles. The van der Waals surface area contributed by atoms with Gasteiger partial charge in [-0.15, -0.1) is 0 Å². The zero-order chi connectivity index (χ0) is 28.3. The van der Waals surface area contributed by atoms with Crippen LogP contribution in [-0.2, 0) is 4.79 Å². The van der Waals surface area contributed by atoms with Gasteiger partial charge in [-0.2, -0.15) is 5.10 Å². The maximum atomic E-state index is 12.8. The van der Waals surface area contributed by atoms with Crippen molar-refractivity contribution in [1.82, 2.24) is 10.7 Å². The Morgan fingerprint density at radius 1 is 0.775 bits per heavy atom. The van der Waals surface area contributed by atoms with Gasteiger partial charge in [-0.05, 0) is 79.2 Å². The molecule has 2 amide bonds. The number of carbonyl (C=O) groups excluding carboxylic acids is 3. The third kappa shape index (κ3) is 7.22. The van der Waals surface area contributed by atoms with Crippen LogP contribution in [0.5, 0.6) is 17.2 Å². The molecule has 4 aromatic carbocycles. The molecule has 0 spiro atoms. The van der Waals surface area contributed by atoms with Crippen molar-refractivity contribution < 1.29 is 28.6 Å². The van der Waals surface area contributed by atoms with Gasteiger partial charge in [0, 0.05) is 11.1 Å². The zero-order valence-electron chi connectivity index (χ0n) is 22.2. The average Bonchev–Trinajstić information content (AvgIpc) is 2.98. The van der Waals surface area contributed by atoms with E-state index in [1.807, 2.05) is 44.2 Å². The largest absolute Gasteiger partial charge is 0.494 e. The predicted molar refractivity (Wildman–Crippen MR) is 152 cm³/mol. The van der Waals surface area contributed by atoms with Gasteiger partial charge in [0.1, 0.15) is 17.2 Å². The fourth-order valence-electron chi connectivity index (χ4n) is 3.85. The van der Waals surface area contributed by atoms with Crippen molar-refractivity contribution in [3.05, 3.63) is 102 Å². The van der Waals surface area contributed by atoms with Crippen LogP contribution in [0.1, 0.15) is 40.1 Å². The van der Waals surface area contributed by atoms with Crippen molar-refractivity contribution >= 4 is 34.8 Å².